The minimum absolute atomic E-state index is 0.253. The van der Waals surface area contributed by atoms with E-state index in [4.69, 9.17) is 0 Å². The molecule has 2 aromatic rings. The third-order valence-corrected chi connectivity index (χ3v) is 4.65. The van der Waals surface area contributed by atoms with Gasteiger partial charge < -0.3 is 10.2 Å². The predicted octanol–water partition coefficient (Wildman–Crippen LogP) is 2.18. The van der Waals surface area contributed by atoms with Crippen LogP contribution >= 0.6 is 0 Å². The van der Waals surface area contributed by atoms with Crippen LogP contribution in [-0.2, 0) is 11.3 Å². The van der Waals surface area contributed by atoms with Gasteiger partial charge in [0.15, 0.2) is 0 Å². The van der Waals surface area contributed by atoms with Crippen molar-refractivity contribution in [1.29, 1.82) is 0 Å². The first-order chi connectivity index (χ1) is 13.4. The Labute approximate surface area is 160 Å². The standard InChI is InChI=1S/C20H20F3N3O2/c21-15-5-6-16(18(23)11-15)20(28)24-12-19(27)26-9-7-25(8-10-26)13-14-3-1-2-4-17(14)22/h1-6,11H,7-10,12-13H2,(H,24,28). The van der Waals surface area contributed by atoms with E-state index in [1.54, 1.807) is 23.1 Å². The van der Waals surface area contributed by atoms with Gasteiger partial charge in [0.05, 0.1) is 12.1 Å². The zero-order valence-corrected chi connectivity index (χ0v) is 15.1. The fourth-order valence-electron chi connectivity index (χ4n) is 3.06. The molecule has 0 atom stereocenters. The summed E-state index contributed by atoms with van der Waals surface area (Å²) in [5, 5.41) is 2.36. The molecule has 0 aliphatic carbocycles. The third kappa shape index (κ3) is 4.89. The van der Waals surface area contributed by atoms with E-state index in [9.17, 15) is 22.8 Å². The molecule has 0 spiro atoms. The summed E-state index contributed by atoms with van der Waals surface area (Å²) in [5.74, 6) is -3.08. The van der Waals surface area contributed by atoms with Gasteiger partial charge in [-0.2, -0.15) is 0 Å². The number of hydrogen-bond donors (Lipinski definition) is 1. The van der Waals surface area contributed by atoms with Crippen molar-refractivity contribution in [1.82, 2.24) is 15.1 Å². The highest BCUT2D eigenvalue weighted by molar-refractivity contribution is 5.96. The van der Waals surface area contributed by atoms with Gasteiger partial charge in [0.2, 0.25) is 5.91 Å². The molecule has 1 fully saturated rings. The van der Waals surface area contributed by atoms with Crippen molar-refractivity contribution in [2.75, 3.05) is 32.7 Å². The van der Waals surface area contributed by atoms with Crippen LogP contribution in [0.25, 0.3) is 0 Å². The van der Waals surface area contributed by atoms with Gasteiger partial charge in [-0.05, 0) is 18.2 Å². The number of amides is 2. The lowest BCUT2D eigenvalue weighted by Crippen LogP contribution is -2.50. The third-order valence-electron chi connectivity index (χ3n) is 4.65. The zero-order chi connectivity index (χ0) is 20.1. The molecule has 0 bridgehead atoms. The number of benzene rings is 2. The molecule has 1 aliphatic heterocycles. The maximum atomic E-state index is 13.7. The molecule has 0 aromatic heterocycles. The van der Waals surface area contributed by atoms with Crippen molar-refractivity contribution in [3.8, 4) is 0 Å². The van der Waals surface area contributed by atoms with E-state index in [-0.39, 0.29) is 23.8 Å². The Morgan fingerprint density at radius 1 is 0.929 bits per heavy atom. The van der Waals surface area contributed by atoms with Gasteiger partial charge in [-0.15, -0.1) is 0 Å². The summed E-state index contributed by atoms with van der Waals surface area (Å²) in [5.41, 5.74) is 0.291. The second-order valence-electron chi connectivity index (χ2n) is 6.56. The van der Waals surface area contributed by atoms with Gasteiger partial charge >= 0.3 is 0 Å². The predicted molar refractivity (Wildman–Crippen MR) is 96.9 cm³/mol. The first-order valence-corrected chi connectivity index (χ1v) is 8.91. The van der Waals surface area contributed by atoms with Crippen molar-refractivity contribution >= 4 is 11.8 Å². The minimum atomic E-state index is -0.980. The highest BCUT2D eigenvalue weighted by atomic mass is 19.1. The number of piperazine rings is 1. The molecule has 1 heterocycles. The summed E-state index contributed by atoms with van der Waals surface area (Å²) >= 11 is 0. The van der Waals surface area contributed by atoms with Gasteiger partial charge in [-0.1, -0.05) is 18.2 Å². The first-order valence-electron chi connectivity index (χ1n) is 8.91. The van der Waals surface area contributed by atoms with Crippen molar-refractivity contribution < 1.29 is 22.8 Å². The highest BCUT2D eigenvalue weighted by Gasteiger charge is 2.22. The van der Waals surface area contributed by atoms with E-state index >= 15 is 0 Å². The van der Waals surface area contributed by atoms with E-state index in [2.05, 4.69) is 10.2 Å². The van der Waals surface area contributed by atoms with Gasteiger partial charge in [-0.25, -0.2) is 13.2 Å². The van der Waals surface area contributed by atoms with Crippen LogP contribution in [-0.4, -0.2) is 54.3 Å². The van der Waals surface area contributed by atoms with Gasteiger partial charge in [-0.3, -0.25) is 14.5 Å². The largest absolute Gasteiger partial charge is 0.343 e. The Morgan fingerprint density at radius 2 is 1.64 bits per heavy atom. The summed E-state index contributed by atoms with van der Waals surface area (Å²) in [6.45, 7) is 2.27. The molecule has 2 aromatic carbocycles. The van der Waals surface area contributed by atoms with Crippen LogP contribution < -0.4 is 5.32 Å². The molecule has 1 aliphatic rings. The molecule has 5 nitrogen and oxygen atoms in total. The van der Waals surface area contributed by atoms with Crippen LogP contribution in [0.2, 0.25) is 0 Å². The SMILES string of the molecule is O=C(NCC(=O)N1CCN(Cc2ccccc2F)CC1)c1ccc(F)cc1F. The number of halogens is 3. The van der Waals surface area contributed by atoms with Gasteiger partial charge in [0, 0.05) is 44.4 Å². The van der Waals surface area contributed by atoms with Crippen molar-refractivity contribution in [2.24, 2.45) is 0 Å². The molecule has 0 unspecified atom stereocenters. The Balaban J connectivity index is 1.46. The lowest BCUT2D eigenvalue weighted by Gasteiger charge is -2.34. The first kappa shape index (κ1) is 19.9. The number of carbonyl (C=O) groups is 2. The van der Waals surface area contributed by atoms with Gasteiger partial charge in [0.25, 0.3) is 5.91 Å². The maximum absolute atomic E-state index is 13.7. The second-order valence-corrected chi connectivity index (χ2v) is 6.56. The number of carbonyl (C=O) groups excluding carboxylic acids is 2. The average Bonchev–Trinajstić information content (AvgIpc) is 2.68. The molecular formula is C20H20F3N3O2. The second kappa shape index (κ2) is 8.88. The summed E-state index contributed by atoms with van der Waals surface area (Å²) in [7, 11) is 0. The monoisotopic (exact) mass is 391 g/mol. The molecular weight excluding hydrogens is 371 g/mol. The van der Waals surface area contributed by atoms with E-state index in [0.29, 0.717) is 44.4 Å². The van der Waals surface area contributed by atoms with E-state index < -0.39 is 17.5 Å². The Hall–Kier alpha value is -2.87. The summed E-state index contributed by atoms with van der Waals surface area (Å²) in [6.07, 6.45) is 0. The average molecular weight is 391 g/mol. The van der Waals surface area contributed by atoms with Crippen LogP contribution in [0.15, 0.2) is 42.5 Å². The van der Waals surface area contributed by atoms with Crippen LogP contribution in [0.4, 0.5) is 13.2 Å². The molecule has 8 heteroatoms. The zero-order valence-electron chi connectivity index (χ0n) is 15.1. The molecule has 2 amide bonds. The fourth-order valence-corrected chi connectivity index (χ4v) is 3.06. The molecule has 3 rings (SSSR count). The normalized spacial score (nSPS) is 14.8. The van der Waals surface area contributed by atoms with Crippen LogP contribution in [0.3, 0.4) is 0 Å². The number of hydrogen-bond acceptors (Lipinski definition) is 3. The van der Waals surface area contributed by atoms with Crippen molar-refractivity contribution in [3.63, 3.8) is 0 Å². The summed E-state index contributed by atoms with van der Waals surface area (Å²) in [4.78, 5) is 27.9. The van der Waals surface area contributed by atoms with E-state index in [0.717, 1.165) is 12.1 Å². The Kier molecular flexibility index (Phi) is 6.30. The smallest absolute Gasteiger partial charge is 0.254 e. The van der Waals surface area contributed by atoms with Crippen molar-refractivity contribution in [2.45, 2.75) is 6.54 Å². The quantitative estimate of drug-likeness (QED) is 0.850. The maximum Gasteiger partial charge on any atom is 0.254 e. The topological polar surface area (TPSA) is 52.7 Å². The molecule has 1 saturated heterocycles. The Bertz CT molecular complexity index is 868. The van der Waals surface area contributed by atoms with Gasteiger partial charge in [0.1, 0.15) is 17.5 Å². The number of rotatable bonds is 5. The van der Waals surface area contributed by atoms with E-state index in [1.165, 1.54) is 6.07 Å². The molecule has 1 N–H and O–H groups in total. The summed E-state index contributed by atoms with van der Waals surface area (Å²) < 4.78 is 40.2. The van der Waals surface area contributed by atoms with Crippen LogP contribution in [0, 0.1) is 17.5 Å². The highest BCUT2D eigenvalue weighted by Crippen LogP contribution is 2.12. The van der Waals surface area contributed by atoms with Crippen LogP contribution in [0.5, 0.6) is 0 Å². The number of nitrogens with zero attached hydrogens (tertiary/aromatic N) is 2. The molecule has 0 saturated carbocycles. The lowest BCUT2D eigenvalue weighted by molar-refractivity contribution is -0.131. The fraction of sp³-hybridized carbons (Fsp3) is 0.300. The van der Waals surface area contributed by atoms with Crippen LogP contribution in [0.1, 0.15) is 15.9 Å². The molecule has 148 valence electrons. The molecule has 28 heavy (non-hydrogen) atoms. The lowest BCUT2D eigenvalue weighted by atomic mass is 10.2. The Morgan fingerprint density at radius 3 is 2.32 bits per heavy atom. The van der Waals surface area contributed by atoms with E-state index in [1.807, 2.05) is 0 Å². The minimum Gasteiger partial charge on any atom is -0.343 e. The number of nitrogens with one attached hydrogen (secondary N) is 1. The van der Waals surface area contributed by atoms with Crippen molar-refractivity contribution in [3.05, 3.63) is 71.0 Å². The summed E-state index contributed by atoms with van der Waals surface area (Å²) in [6, 6.07) is 9.21. The molecule has 0 radical (unpaired) electrons.